The van der Waals surface area contributed by atoms with Crippen LogP contribution in [0.4, 0.5) is 0 Å². The van der Waals surface area contributed by atoms with E-state index in [2.05, 4.69) is 30.1 Å². The van der Waals surface area contributed by atoms with Crippen molar-refractivity contribution in [3.63, 3.8) is 0 Å². The Morgan fingerprint density at radius 2 is 2.46 bits per heavy atom. The third-order valence-electron chi connectivity index (χ3n) is 1.78. The Hall–Kier alpha value is -0.850. The van der Waals surface area contributed by atoms with Crippen molar-refractivity contribution in [3.8, 4) is 12.3 Å². The Kier molecular flexibility index (Phi) is 3.94. The van der Waals surface area contributed by atoms with E-state index in [9.17, 15) is 0 Å². The zero-order valence-electron chi connectivity index (χ0n) is 7.95. The van der Waals surface area contributed by atoms with Gasteiger partial charge in [-0.25, -0.2) is 4.98 Å². The quantitative estimate of drug-likeness (QED) is 0.743. The topological polar surface area (TPSA) is 24.9 Å². The first-order valence-electron chi connectivity index (χ1n) is 4.33. The summed E-state index contributed by atoms with van der Waals surface area (Å²) in [6.45, 7) is 4.19. The number of hydrogen-bond donors (Lipinski definition) is 1. The largest absolute Gasteiger partial charge is 0.305 e. The summed E-state index contributed by atoms with van der Waals surface area (Å²) in [4.78, 5) is 4.23. The van der Waals surface area contributed by atoms with Crippen LogP contribution in [0.3, 0.4) is 0 Å². The van der Waals surface area contributed by atoms with E-state index in [1.807, 2.05) is 11.6 Å². The summed E-state index contributed by atoms with van der Waals surface area (Å²) in [6.07, 6.45) is 7.80. The van der Waals surface area contributed by atoms with Crippen molar-refractivity contribution in [1.82, 2.24) is 10.3 Å². The van der Waals surface area contributed by atoms with Gasteiger partial charge in [0.1, 0.15) is 5.01 Å². The van der Waals surface area contributed by atoms with Gasteiger partial charge in [-0.05, 0) is 13.8 Å². The molecule has 1 aromatic heterocycles. The average molecular weight is 194 g/mol. The highest BCUT2D eigenvalue weighted by atomic mass is 32.1. The maximum Gasteiger partial charge on any atom is 0.109 e. The predicted molar refractivity (Wildman–Crippen MR) is 56.6 cm³/mol. The van der Waals surface area contributed by atoms with Gasteiger partial charge in [0.25, 0.3) is 0 Å². The molecule has 70 valence electrons. The number of terminal acetylenes is 1. The molecule has 0 aliphatic carbocycles. The van der Waals surface area contributed by atoms with Crippen molar-refractivity contribution in [3.05, 3.63) is 16.6 Å². The van der Waals surface area contributed by atoms with Gasteiger partial charge in [0.2, 0.25) is 0 Å². The Balaban J connectivity index is 2.42. The van der Waals surface area contributed by atoms with Gasteiger partial charge < -0.3 is 5.32 Å². The van der Waals surface area contributed by atoms with Crippen LogP contribution in [0.1, 0.15) is 31.3 Å². The van der Waals surface area contributed by atoms with E-state index in [4.69, 9.17) is 6.42 Å². The van der Waals surface area contributed by atoms with Crippen molar-refractivity contribution < 1.29 is 0 Å². The second-order valence-electron chi connectivity index (χ2n) is 3.07. The molecule has 0 saturated carbocycles. The van der Waals surface area contributed by atoms with E-state index in [0.29, 0.717) is 12.1 Å². The van der Waals surface area contributed by atoms with Gasteiger partial charge in [-0.2, -0.15) is 0 Å². The normalized spacial score (nSPS) is 14.8. The number of hydrogen-bond acceptors (Lipinski definition) is 3. The molecule has 0 bridgehead atoms. The first-order valence-corrected chi connectivity index (χ1v) is 5.21. The molecular formula is C10H14N2S. The molecule has 1 aromatic rings. The van der Waals surface area contributed by atoms with Gasteiger partial charge in [0, 0.05) is 24.0 Å². The lowest BCUT2D eigenvalue weighted by Gasteiger charge is -2.15. The lowest BCUT2D eigenvalue weighted by atomic mass is 10.2. The summed E-state index contributed by atoms with van der Waals surface area (Å²) in [5.41, 5.74) is 0. The van der Waals surface area contributed by atoms with Crippen molar-refractivity contribution in [1.29, 1.82) is 0 Å². The number of aromatic nitrogens is 1. The SMILES string of the molecule is C#CCC(C)NC(C)c1nccs1. The zero-order valence-corrected chi connectivity index (χ0v) is 8.77. The molecule has 0 aliphatic heterocycles. The lowest BCUT2D eigenvalue weighted by Crippen LogP contribution is -2.28. The molecule has 2 unspecified atom stereocenters. The van der Waals surface area contributed by atoms with E-state index in [1.165, 1.54) is 0 Å². The van der Waals surface area contributed by atoms with Crippen molar-refractivity contribution >= 4 is 11.3 Å². The molecule has 1 N–H and O–H groups in total. The number of thiazole rings is 1. The van der Waals surface area contributed by atoms with Gasteiger partial charge >= 0.3 is 0 Å². The highest BCUT2D eigenvalue weighted by Crippen LogP contribution is 2.15. The molecule has 3 heteroatoms. The molecule has 0 saturated heterocycles. The molecule has 1 rings (SSSR count). The fourth-order valence-electron chi connectivity index (χ4n) is 1.18. The molecular weight excluding hydrogens is 180 g/mol. The van der Waals surface area contributed by atoms with Crippen LogP contribution in [-0.2, 0) is 0 Å². The van der Waals surface area contributed by atoms with Crippen molar-refractivity contribution in [2.75, 3.05) is 0 Å². The van der Waals surface area contributed by atoms with E-state index in [-0.39, 0.29) is 0 Å². The monoisotopic (exact) mass is 194 g/mol. The van der Waals surface area contributed by atoms with Crippen molar-refractivity contribution in [2.24, 2.45) is 0 Å². The van der Waals surface area contributed by atoms with Gasteiger partial charge in [-0.1, -0.05) is 0 Å². The van der Waals surface area contributed by atoms with E-state index in [0.717, 1.165) is 11.4 Å². The second-order valence-corrected chi connectivity index (χ2v) is 3.99. The van der Waals surface area contributed by atoms with Gasteiger partial charge in [-0.15, -0.1) is 23.7 Å². The van der Waals surface area contributed by atoms with E-state index < -0.39 is 0 Å². The van der Waals surface area contributed by atoms with Crippen LogP contribution in [0.2, 0.25) is 0 Å². The van der Waals surface area contributed by atoms with Crippen molar-refractivity contribution in [2.45, 2.75) is 32.4 Å². The molecule has 13 heavy (non-hydrogen) atoms. The maximum atomic E-state index is 5.22. The molecule has 2 atom stereocenters. The van der Waals surface area contributed by atoms with Crippen LogP contribution in [0.15, 0.2) is 11.6 Å². The first-order chi connectivity index (χ1) is 6.24. The molecule has 2 nitrogen and oxygen atoms in total. The van der Waals surface area contributed by atoms with Gasteiger partial charge in [-0.3, -0.25) is 0 Å². The Labute approximate surface area is 83.4 Å². The molecule has 0 amide bonds. The fourth-order valence-corrected chi connectivity index (χ4v) is 1.84. The third-order valence-corrected chi connectivity index (χ3v) is 2.74. The van der Waals surface area contributed by atoms with Gasteiger partial charge in [0.15, 0.2) is 0 Å². The number of nitrogens with zero attached hydrogens (tertiary/aromatic N) is 1. The van der Waals surface area contributed by atoms with Crippen LogP contribution >= 0.6 is 11.3 Å². The van der Waals surface area contributed by atoms with E-state index >= 15 is 0 Å². The average Bonchev–Trinajstić information content (AvgIpc) is 2.55. The van der Waals surface area contributed by atoms with E-state index in [1.54, 1.807) is 11.3 Å². The Morgan fingerprint density at radius 1 is 1.69 bits per heavy atom. The first kappa shape index (κ1) is 10.2. The van der Waals surface area contributed by atoms with Crippen LogP contribution in [0.5, 0.6) is 0 Å². The second kappa shape index (κ2) is 5.00. The molecule has 0 fully saturated rings. The summed E-state index contributed by atoms with van der Waals surface area (Å²) in [6, 6.07) is 0.646. The Morgan fingerprint density at radius 3 is 3.00 bits per heavy atom. The predicted octanol–water partition coefficient (Wildman–Crippen LogP) is 2.21. The maximum absolute atomic E-state index is 5.22. The smallest absolute Gasteiger partial charge is 0.109 e. The number of nitrogens with one attached hydrogen (secondary N) is 1. The molecule has 0 aromatic carbocycles. The Bertz CT molecular complexity index is 274. The summed E-state index contributed by atoms with van der Waals surface area (Å²) >= 11 is 1.67. The minimum absolute atomic E-state index is 0.295. The summed E-state index contributed by atoms with van der Waals surface area (Å²) in [7, 11) is 0. The lowest BCUT2D eigenvalue weighted by molar-refractivity contribution is 0.485. The van der Waals surface area contributed by atoms with Gasteiger partial charge in [0.05, 0.1) is 6.04 Å². The minimum atomic E-state index is 0.295. The van der Waals surface area contributed by atoms with Crippen LogP contribution < -0.4 is 5.32 Å². The summed E-state index contributed by atoms with van der Waals surface area (Å²) in [5.74, 6) is 2.64. The van der Waals surface area contributed by atoms with Crippen LogP contribution in [-0.4, -0.2) is 11.0 Å². The highest BCUT2D eigenvalue weighted by molar-refractivity contribution is 7.09. The zero-order chi connectivity index (χ0) is 9.68. The number of rotatable bonds is 4. The fraction of sp³-hybridized carbons (Fsp3) is 0.500. The highest BCUT2D eigenvalue weighted by Gasteiger charge is 2.09. The van der Waals surface area contributed by atoms with Crippen LogP contribution in [0.25, 0.3) is 0 Å². The molecule has 1 heterocycles. The standard InChI is InChI=1S/C10H14N2S/c1-4-5-8(2)12-9(3)10-11-6-7-13-10/h1,6-9,12H,5H2,2-3H3. The third kappa shape index (κ3) is 3.17. The minimum Gasteiger partial charge on any atom is -0.305 e. The summed E-state index contributed by atoms with van der Waals surface area (Å²) < 4.78 is 0. The summed E-state index contributed by atoms with van der Waals surface area (Å²) in [5, 5.41) is 6.49. The molecule has 0 radical (unpaired) electrons. The molecule has 0 spiro atoms. The molecule has 0 aliphatic rings. The van der Waals surface area contributed by atoms with Crippen LogP contribution in [0, 0.1) is 12.3 Å².